The minimum atomic E-state index is 0.830. The standard InChI is InChI=1S/C11H16N2O/c1-2-10-7-11(9-12-8-10)13-3-5-14-6-4-13/h7-9H,2-6H2,1H3. The summed E-state index contributed by atoms with van der Waals surface area (Å²) in [4.78, 5) is 6.58. The molecule has 3 nitrogen and oxygen atoms in total. The Kier molecular flexibility index (Phi) is 2.99. The molecule has 1 fully saturated rings. The first-order chi connectivity index (χ1) is 6.90. The van der Waals surface area contributed by atoms with Gasteiger partial charge in [-0.15, -0.1) is 0 Å². The fourth-order valence-corrected chi connectivity index (χ4v) is 1.66. The van der Waals surface area contributed by atoms with E-state index in [-0.39, 0.29) is 0 Å². The van der Waals surface area contributed by atoms with Crippen LogP contribution in [0.15, 0.2) is 18.5 Å². The smallest absolute Gasteiger partial charge is 0.0642 e. The summed E-state index contributed by atoms with van der Waals surface area (Å²) in [5, 5.41) is 0. The van der Waals surface area contributed by atoms with Gasteiger partial charge < -0.3 is 9.64 Å². The van der Waals surface area contributed by atoms with Crippen molar-refractivity contribution in [3.05, 3.63) is 24.0 Å². The molecule has 0 radical (unpaired) electrons. The fraction of sp³-hybridized carbons (Fsp3) is 0.545. The number of rotatable bonds is 2. The van der Waals surface area contributed by atoms with Crippen LogP contribution in [0.4, 0.5) is 5.69 Å². The quantitative estimate of drug-likeness (QED) is 0.709. The van der Waals surface area contributed by atoms with Gasteiger partial charge >= 0.3 is 0 Å². The van der Waals surface area contributed by atoms with E-state index in [1.807, 2.05) is 12.4 Å². The molecule has 1 aliphatic heterocycles. The minimum Gasteiger partial charge on any atom is -0.378 e. The molecular weight excluding hydrogens is 176 g/mol. The molecule has 0 N–H and O–H groups in total. The minimum absolute atomic E-state index is 0.830. The molecule has 1 aromatic heterocycles. The average Bonchev–Trinajstić information content (AvgIpc) is 2.30. The van der Waals surface area contributed by atoms with E-state index in [9.17, 15) is 0 Å². The molecule has 0 bridgehead atoms. The van der Waals surface area contributed by atoms with Gasteiger partial charge in [0.25, 0.3) is 0 Å². The molecule has 0 aromatic carbocycles. The average molecular weight is 192 g/mol. The summed E-state index contributed by atoms with van der Waals surface area (Å²) in [6.07, 6.45) is 4.92. The van der Waals surface area contributed by atoms with E-state index in [1.54, 1.807) is 0 Å². The molecular formula is C11H16N2O. The lowest BCUT2D eigenvalue weighted by atomic mass is 10.2. The largest absolute Gasteiger partial charge is 0.378 e. The number of aromatic nitrogens is 1. The number of morpholine rings is 1. The second-order valence-corrected chi connectivity index (χ2v) is 3.50. The first-order valence-corrected chi connectivity index (χ1v) is 5.17. The molecule has 2 rings (SSSR count). The van der Waals surface area contributed by atoms with Gasteiger partial charge in [0, 0.05) is 19.3 Å². The Bertz CT molecular complexity index is 295. The molecule has 76 valence electrons. The maximum Gasteiger partial charge on any atom is 0.0642 e. The molecule has 0 saturated carbocycles. The third kappa shape index (κ3) is 2.04. The molecule has 0 atom stereocenters. The number of nitrogens with zero attached hydrogens (tertiary/aromatic N) is 2. The van der Waals surface area contributed by atoms with Crippen LogP contribution in [0.25, 0.3) is 0 Å². The molecule has 2 heterocycles. The van der Waals surface area contributed by atoms with E-state index >= 15 is 0 Å². The van der Waals surface area contributed by atoms with Gasteiger partial charge in [0.05, 0.1) is 25.1 Å². The number of pyridine rings is 1. The Hall–Kier alpha value is -1.09. The Morgan fingerprint density at radius 1 is 1.36 bits per heavy atom. The van der Waals surface area contributed by atoms with Crippen LogP contribution in [-0.2, 0) is 11.2 Å². The monoisotopic (exact) mass is 192 g/mol. The number of anilines is 1. The maximum absolute atomic E-state index is 5.32. The predicted octanol–water partition coefficient (Wildman–Crippen LogP) is 1.48. The van der Waals surface area contributed by atoms with Crippen LogP contribution in [0.1, 0.15) is 12.5 Å². The molecule has 0 spiro atoms. The van der Waals surface area contributed by atoms with Gasteiger partial charge in [-0.3, -0.25) is 4.98 Å². The summed E-state index contributed by atoms with van der Waals surface area (Å²) in [6.45, 7) is 5.77. The Morgan fingerprint density at radius 2 is 2.14 bits per heavy atom. The van der Waals surface area contributed by atoms with E-state index in [1.165, 1.54) is 11.3 Å². The summed E-state index contributed by atoms with van der Waals surface area (Å²) >= 11 is 0. The van der Waals surface area contributed by atoms with Crippen LogP contribution in [0.3, 0.4) is 0 Å². The molecule has 14 heavy (non-hydrogen) atoms. The predicted molar refractivity (Wildman–Crippen MR) is 56.6 cm³/mol. The van der Waals surface area contributed by atoms with Gasteiger partial charge in [0.15, 0.2) is 0 Å². The van der Waals surface area contributed by atoms with Crippen LogP contribution in [0.5, 0.6) is 0 Å². The van der Waals surface area contributed by atoms with Gasteiger partial charge in [0.2, 0.25) is 0 Å². The van der Waals surface area contributed by atoms with Gasteiger partial charge in [-0.1, -0.05) is 6.92 Å². The van der Waals surface area contributed by atoms with E-state index in [0.717, 1.165) is 32.7 Å². The van der Waals surface area contributed by atoms with Gasteiger partial charge in [-0.05, 0) is 18.1 Å². The summed E-state index contributed by atoms with van der Waals surface area (Å²) in [7, 11) is 0. The summed E-state index contributed by atoms with van der Waals surface area (Å²) in [5.41, 5.74) is 2.53. The van der Waals surface area contributed by atoms with Crippen molar-refractivity contribution in [1.29, 1.82) is 0 Å². The number of aryl methyl sites for hydroxylation is 1. The van der Waals surface area contributed by atoms with Crippen LogP contribution < -0.4 is 4.90 Å². The van der Waals surface area contributed by atoms with Crippen molar-refractivity contribution in [2.45, 2.75) is 13.3 Å². The zero-order valence-corrected chi connectivity index (χ0v) is 8.57. The highest BCUT2D eigenvalue weighted by Gasteiger charge is 2.11. The topological polar surface area (TPSA) is 25.4 Å². The summed E-state index contributed by atoms with van der Waals surface area (Å²) in [6, 6.07) is 2.22. The van der Waals surface area contributed by atoms with Crippen LogP contribution >= 0.6 is 0 Å². The summed E-state index contributed by atoms with van der Waals surface area (Å²) < 4.78 is 5.32. The molecule has 1 aliphatic rings. The lowest BCUT2D eigenvalue weighted by molar-refractivity contribution is 0.122. The molecule has 1 saturated heterocycles. The van der Waals surface area contributed by atoms with E-state index in [4.69, 9.17) is 4.74 Å². The zero-order chi connectivity index (χ0) is 9.80. The van der Waals surface area contributed by atoms with E-state index in [2.05, 4.69) is 22.9 Å². The van der Waals surface area contributed by atoms with Crippen LogP contribution in [-0.4, -0.2) is 31.3 Å². The van der Waals surface area contributed by atoms with Gasteiger partial charge in [-0.2, -0.15) is 0 Å². The fourth-order valence-electron chi connectivity index (χ4n) is 1.66. The number of hydrogen-bond acceptors (Lipinski definition) is 3. The first-order valence-electron chi connectivity index (χ1n) is 5.17. The normalized spacial score (nSPS) is 17.1. The third-order valence-electron chi connectivity index (χ3n) is 2.56. The lowest BCUT2D eigenvalue weighted by Crippen LogP contribution is -2.36. The van der Waals surface area contributed by atoms with Crippen molar-refractivity contribution in [2.24, 2.45) is 0 Å². The summed E-state index contributed by atoms with van der Waals surface area (Å²) in [5.74, 6) is 0. The highest BCUT2D eigenvalue weighted by atomic mass is 16.5. The first kappa shape index (κ1) is 9.46. The number of hydrogen-bond donors (Lipinski definition) is 0. The highest BCUT2D eigenvalue weighted by Crippen LogP contribution is 2.15. The van der Waals surface area contributed by atoms with Gasteiger partial charge in [-0.25, -0.2) is 0 Å². The second-order valence-electron chi connectivity index (χ2n) is 3.50. The Morgan fingerprint density at radius 3 is 2.86 bits per heavy atom. The van der Waals surface area contributed by atoms with Crippen LogP contribution in [0, 0.1) is 0 Å². The molecule has 0 aliphatic carbocycles. The van der Waals surface area contributed by atoms with Crippen molar-refractivity contribution in [3.63, 3.8) is 0 Å². The number of ether oxygens (including phenoxy) is 1. The van der Waals surface area contributed by atoms with E-state index < -0.39 is 0 Å². The van der Waals surface area contributed by atoms with Crippen LogP contribution in [0.2, 0.25) is 0 Å². The molecule has 0 unspecified atom stereocenters. The van der Waals surface area contributed by atoms with Crippen molar-refractivity contribution in [3.8, 4) is 0 Å². The second kappa shape index (κ2) is 4.42. The lowest BCUT2D eigenvalue weighted by Gasteiger charge is -2.28. The Labute approximate surface area is 84.7 Å². The SMILES string of the molecule is CCc1cncc(N2CCOCC2)c1. The maximum atomic E-state index is 5.32. The van der Waals surface area contributed by atoms with Crippen molar-refractivity contribution in [1.82, 2.24) is 4.98 Å². The molecule has 1 aromatic rings. The molecule has 3 heteroatoms. The Balaban J connectivity index is 2.13. The van der Waals surface area contributed by atoms with Gasteiger partial charge in [0.1, 0.15) is 0 Å². The molecule has 0 amide bonds. The van der Waals surface area contributed by atoms with E-state index in [0.29, 0.717) is 0 Å². The zero-order valence-electron chi connectivity index (χ0n) is 8.57. The van der Waals surface area contributed by atoms with Crippen molar-refractivity contribution < 1.29 is 4.74 Å². The van der Waals surface area contributed by atoms with Crippen molar-refractivity contribution in [2.75, 3.05) is 31.2 Å². The third-order valence-corrected chi connectivity index (χ3v) is 2.56. The van der Waals surface area contributed by atoms with Crippen molar-refractivity contribution >= 4 is 5.69 Å². The highest BCUT2D eigenvalue weighted by molar-refractivity contribution is 5.46.